The Hall–Kier alpha value is -1.27. The van der Waals surface area contributed by atoms with Crippen LogP contribution < -0.4 is 10.6 Å². The zero-order valence-electron chi connectivity index (χ0n) is 11.1. The van der Waals surface area contributed by atoms with E-state index in [2.05, 4.69) is 0 Å². The molecule has 0 aliphatic carbocycles. The van der Waals surface area contributed by atoms with Crippen molar-refractivity contribution in [1.29, 1.82) is 0 Å². The van der Waals surface area contributed by atoms with E-state index in [1.807, 2.05) is 0 Å². The van der Waals surface area contributed by atoms with Crippen molar-refractivity contribution in [2.24, 2.45) is 0 Å². The molecule has 1 rings (SSSR count). The number of hydrogen-bond acceptors (Lipinski definition) is 5. The van der Waals surface area contributed by atoms with Gasteiger partial charge in [0.05, 0.1) is 21.9 Å². The fourth-order valence-electron chi connectivity index (χ4n) is 1.85. The third kappa shape index (κ3) is 3.61. The van der Waals surface area contributed by atoms with Gasteiger partial charge in [0, 0.05) is 19.8 Å². The normalized spacial score (nSPS) is 12.5. The van der Waals surface area contributed by atoms with Crippen LogP contribution in [0.4, 0.5) is 11.4 Å². The number of nitrogens with two attached hydrogens (primary N) is 1. The van der Waals surface area contributed by atoms with E-state index >= 15 is 0 Å². The SMILES string of the molecule is CN(CC(C)(C)O)c1cccc(S(C)(=O)=O)c1N. The van der Waals surface area contributed by atoms with Gasteiger partial charge in [-0.2, -0.15) is 0 Å². The molecule has 0 unspecified atom stereocenters. The van der Waals surface area contributed by atoms with Gasteiger partial charge in [0.25, 0.3) is 0 Å². The number of anilines is 2. The summed E-state index contributed by atoms with van der Waals surface area (Å²) in [6, 6.07) is 4.85. The van der Waals surface area contributed by atoms with Gasteiger partial charge in [0.1, 0.15) is 0 Å². The van der Waals surface area contributed by atoms with E-state index < -0.39 is 15.4 Å². The molecule has 0 amide bonds. The quantitative estimate of drug-likeness (QED) is 0.795. The highest BCUT2D eigenvalue weighted by atomic mass is 32.2. The lowest BCUT2D eigenvalue weighted by Gasteiger charge is -2.28. The molecule has 102 valence electrons. The highest BCUT2D eigenvalue weighted by molar-refractivity contribution is 7.90. The van der Waals surface area contributed by atoms with Crippen molar-refractivity contribution >= 4 is 21.2 Å². The summed E-state index contributed by atoms with van der Waals surface area (Å²) in [5.74, 6) is 0. The zero-order chi connectivity index (χ0) is 14.1. The van der Waals surface area contributed by atoms with Crippen LogP contribution in [0.2, 0.25) is 0 Å². The van der Waals surface area contributed by atoms with E-state index in [1.165, 1.54) is 6.07 Å². The summed E-state index contributed by atoms with van der Waals surface area (Å²) in [7, 11) is -1.59. The second-order valence-corrected chi connectivity index (χ2v) is 7.11. The summed E-state index contributed by atoms with van der Waals surface area (Å²) < 4.78 is 23.1. The van der Waals surface area contributed by atoms with E-state index in [0.29, 0.717) is 12.2 Å². The van der Waals surface area contributed by atoms with Crippen LogP contribution in [-0.4, -0.2) is 39.0 Å². The van der Waals surface area contributed by atoms with Crippen LogP contribution in [0.15, 0.2) is 23.1 Å². The molecule has 1 aromatic carbocycles. The van der Waals surface area contributed by atoms with Crippen LogP contribution in [0.25, 0.3) is 0 Å². The van der Waals surface area contributed by atoms with Gasteiger partial charge in [-0.25, -0.2) is 8.42 Å². The van der Waals surface area contributed by atoms with E-state index in [4.69, 9.17) is 5.73 Å². The fourth-order valence-corrected chi connectivity index (χ4v) is 2.68. The summed E-state index contributed by atoms with van der Waals surface area (Å²) in [5, 5.41) is 9.77. The molecule has 0 atom stereocenters. The Bertz CT molecular complexity index is 533. The molecule has 6 heteroatoms. The average Bonchev–Trinajstić information content (AvgIpc) is 2.12. The predicted molar refractivity (Wildman–Crippen MR) is 73.5 cm³/mol. The van der Waals surface area contributed by atoms with E-state index in [1.54, 1.807) is 37.9 Å². The van der Waals surface area contributed by atoms with Crippen LogP contribution in [0, 0.1) is 0 Å². The minimum Gasteiger partial charge on any atom is -0.396 e. The molecule has 0 radical (unpaired) electrons. The number of likely N-dealkylation sites (N-methyl/N-ethyl adjacent to an activating group) is 1. The van der Waals surface area contributed by atoms with Gasteiger partial charge in [0.15, 0.2) is 9.84 Å². The van der Waals surface area contributed by atoms with Gasteiger partial charge in [-0.05, 0) is 26.0 Å². The number of rotatable bonds is 4. The van der Waals surface area contributed by atoms with Gasteiger partial charge < -0.3 is 15.7 Å². The molecule has 0 saturated heterocycles. The Morgan fingerprint density at radius 2 is 1.94 bits per heavy atom. The summed E-state index contributed by atoms with van der Waals surface area (Å²) in [6.07, 6.45) is 1.12. The molecule has 0 aromatic heterocycles. The minimum absolute atomic E-state index is 0.114. The largest absolute Gasteiger partial charge is 0.396 e. The average molecular weight is 272 g/mol. The van der Waals surface area contributed by atoms with Crippen molar-refractivity contribution in [2.45, 2.75) is 24.3 Å². The maximum absolute atomic E-state index is 11.6. The zero-order valence-corrected chi connectivity index (χ0v) is 12.0. The molecule has 3 N–H and O–H groups in total. The molecule has 0 spiro atoms. The second kappa shape index (κ2) is 4.78. The van der Waals surface area contributed by atoms with Crippen LogP contribution in [-0.2, 0) is 9.84 Å². The van der Waals surface area contributed by atoms with E-state index in [0.717, 1.165) is 6.26 Å². The van der Waals surface area contributed by atoms with E-state index in [-0.39, 0.29) is 10.6 Å². The van der Waals surface area contributed by atoms with Crippen LogP contribution in [0.3, 0.4) is 0 Å². The van der Waals surface area contributed by atoms with Crippen molar-refractivity contribution in [2.75, 3.05) is 30.5 Å². The predicted octanol–water partition coefficient (Wildman–Crippen LogP) is 0.879. The number of nitrogens with zero attached hydrogens (tertiary/aromatic N) is 1. The topological polar surface area (TPSA) is 83.6 Å². The highest BCUT2D eigenvalue weighted by Gasteiger charge is 2.20. The number of hydrogen-bond donors (Lipinski definition) is 2. The summed E-state index contributed by atoms with van der Waals surface area (Å²) in [5.41, 5.74) is 5.81. The van der Waals surface area contributed by atoms with Gasteiger partial charge in [-0.1, -0.05) is 6.07 Å². The lowest BCUT2D eigenvalue weighted by molar-refractivity contribution is 0.0886. The van der Waals surface area contributed by atoms with Gasteiger partial charge in [-0.15, -0.1) is 0 Å². The second-order valence-electron chi connectivity index (χ2n) is 5.13. The van der Waals surface area contributed by atoms with E-state index in [9.17, 15) is 13.5 Å². The molecule has 5 nitrogen and oxygen atoms in total. The molecule has 0 heterocycles. The van der Waals surface area contributed by atoms with Crippen molar-refractivity contribution in [1.82, 2.24) is 0 Å². The first kappa shape index (κ1) is 14.8. The fraction of sp³-hybridized carbons (Fsp3) is 0.500. The third-order valence-electron chi connectivity index (χ3n) is 2.48. The Labute approximate surface area is 108 Å². The van der Waals surface area contributed by atoms with Crippen molar-refractivity contribution < 1.29 is 13.5 Å². The smallest absolute Gasteiger partial charge is 0.177 e. The molecule has 1 aromatic rings. The standard InChI is InChI=1S/C12H20N2O3S/c1-12(2,15)8-14(3)9-6-5-7-10(11(9)13)18(4,16)17/h5-7,15H,8,13H2,1-4H3. The molecule has 0 aliphatic rings. The maximum Gasteiger partial charge on any atom is 0.177 e. The Kier molecular flexibility index (Phi) is 3.92. The number of aliphatic hydroxyl groups is 1. The third-order valence-corrected chi connectivity index (χ3v) is 3.63. The van der Waals surface area contributed by atoms with Gasteiger partial charge in [-0.3, -0.25) is 0 Å². The number of sulfone groups is 1. The Balaban J connectivity index is 3.20. The molecule has 0 fully saturated rings. The maximum atomic E-state index is 11.6. The lowest BCUT2D eigenvalue weighted by Crippen LogP contribution is -2.36. The highest BCUT2D eigenvalue weighted by Crippen LogP contribution is 2.29. The monoisotopic (exact) mass is 272 g/mol. The van der Waals surface area contributed by atoms with Crippen molar-refractivity contribution in [3.05, 3.63) is 18.2 Å². The number of para-hydroxylation sites is 1. The van der Waals surface area contributed by atoms with Crippen LogP contribution >= 0.6 is 0 Å². The lowest BCUT2D eigenvalue weighted by atomic mass is 10.1. The molecular formula is C12H20N2O3S. The van der Waals surface area contributed by atoms with Gasteiger partial charge >= 0.3 is 0 Å². The molecule has 0 bridgehead atoms. The first-order valence-corrected chi connectivity index (χ1v) is 7.43. The summed E-state index contributed by atoms with van der Waals surface area (Å²) in [6.45, 7) is 3.71. The molecule has 18 heavy (non-hydrogen) atoms. The summed E-state index contributed by atoms with van der Waals surface area (Å²) >= 11 is 0. The van der Waals surface area contributed by atoms with Crippen molar-refractivity contribution in [3.63, 3.8) is 0 Å². The minimum atomic E-state index is -3.35. The Morgan fingerprint density at radius 1 is 1.39 bits per heavy atom. The van der Waals surface area contributed by atoms with Crippen LogP contribution in [0.5, 0.6) is 0 Å². The first-order valence-electron chi connectivity index (χ1n) is 5.54. The van der Waals surface area contributed by atoms with Gasteiger partial charge in [0.2, 0.25) is 0 Å². The van der Waals surface area contributed by atoms with Crippen LogP contribution in [0.1, 0.15) is 13.8 Å². The summed E-state index contributed by atoms with van der Waals surface area (Å²) in [4.78, 5) is 1.85. The molecule has 0 saturated carbocycles. The number of nitrogen functional groups attached to an aromatic ring is 1. The number of benzene rings is 1. The molecule has 0 aliphatic heterocycles. The first-order chi connectivity index (χ1) is 8.02. The van der Waals surface area contributed by atoms with Crippen molar-refractivity contribution in [3.8, 4) is 0 Å². The molecular weight excluding hydrogens is 252 g/mol. The Morgan fingerprint density at radius 3 is 2.39 bits per heavy atom.